The number of hydrogen-bond donors (Lipinski definition) is 2. The van der Waals surface area contributed by atoms with E-state index in [9.17, 15) is 13.2 Å². The van der Waals surface area contributed by atoms with Crippen molar-refractivity contribution < 1.29 is 13.2 Å². The molecule has 0 aliphatic heterocycles. The van der Waals surface area contributed by atoms with E-state index in [0.29, 0.717) is 25.6 Å². The first-order valence-corrected chi connectivity index (χ1v) is 11.5. The van der Waals surface area contributed by atoms with E-state index in [1.165, 1.54) is 4.31 Å². The molecule has 0 spiro atoms. The summed E-state index contributed by atoms with van der Waals surface area (Å²) in [6, 6.07) is 14.1. The Kier molecular flexibility index (Phi) is 8.22. The third-order valence-electron chi connectivity index (χ3n) is 5.07. The lowest BCUT2D eigenvalue weighted by atomic mass is 9.97. The Morgan fingerprint density at radius 3 is 2.21 bits per heavy atom. The normalized spacial score (nSPS) is 12.6. The molecule has 0 bridgehead atoms. The van der Waals surface area contributed by atoms with Crippen LogP contribution in [0.2, 0.25) is 0 Å². The van der Waals surface area contributed by atoms with E-state index in [2.05, 4.69) is 24.5 Å². The van der Waals surface area contributed by atoms with Crippen LogP contribution in [0, 0.1) is 0 Å². The van der Waals surface area contributed by atoms with Crippen molar-refractivity contribution in [1.82, 2.24) is 9.62 Å². The van der Waals surface area contributed by atoms with Gasteiger partial charge >= 0.3 is 6.03 Å². The van der Waals surface area contributed by atoms with Crippen LogP contribution in [0.5, 0.6) is 0 Å². The largest absolute Gasteiger partial charge is 0.334 e. The predicted molar refractivity (Wildman–Crippen MR) is 118 cm³/mol. The molecule has 158 valence electrons. The number of sulfonamides is 1. The Hall–Kier alpha value is -2.38. The molecular weight excluding hydrogens is 386 g/mol. The van der Waals surface area contributed by atoms with E-state index in [4.69, 9.17) is 0 Å². The standard InChI is InChI=1S/C22H31N3O3S/c1-5-17(4)20-10-8-9-11-21(20)24-22(26)23-16-18-12-14-19(15-13-18)29(27,28)25(6-2)7-3/h8-15,17H,5-7,16H2,1-4H3,(H2,23,24,26). The number of hydrogen-bond acceptors (Lipinski definition) is 3. The highest BCUT2D eigenvalue weighted by atomic mass is 32.2. The van der Waals surface area contributed by atoms with Crippen molar-refractivity contribution in [3.05, 3.63) is 59.7 Å². The maximum absolute atomic E-state index is 12.5. The average molecular weight is 418 g/mol. The van der Waals surface area contributed by atoms with Crippen LogP contribution in [0.4, 0.5) is 10.5 Å². The van der Waals surface area contributed by atoms with Gasteiger partial charge in [-0.3, -0.25) is 0 Å². The van der Waals surface area contributed by atoms with Gasteiger partial charge in [-0.25, -0.2) is 13.2 Å². The predicted octanol–water partition coefficient (Wildman–Crippen LogP) is 4.55. The van der Waals surface area contributed by atoms with Gasteiger partial charge in [0.05, 0.1) is 4.90 Å². The van der Waals surface area contributed by atoms with Crippen LogP contribution in [-0.2, 0) is 16.6 Å². The molecule has 0 aliphatic carbocycles. The molecule has 0 aromatic heterocycles. The number of amides is 2. The van der Waals surface area contributed by atoms with Crippen molar-refractivity contribution >= 4 is 21.7 Å². The number of nitrogens with one attached hydrogen (secondary N) is 2. The van der Waals surface area contributed by atoms with E-state index < -0.39 is 10.0 Å². The maximum atomic E-state index is 12.5. The highest BCUT2D eigenvalue weighted by Crippen LogP contribution is 2.26. The topological polar surface area (TPSA) is 78.5 Å². The van der Waals surface area contributed by atoms with Gasteiger partial charge in [-0.15, -0.1) is 0 Å². The van der Waals surface area contributed by atoms with Crippen molar-refractivity contribution in [2.45, 2.75) is 51.5 Å². The second-order valence-corrected chi connectivity index (χ2v) is 8.88. The molecule has 0 fully saturated rings. The number of nitrogens with zero attached hydrogens (tertiary/aromatic N) is 1. The molecule has 2 rings (SSSR count). The summed E-state index contributed by atoms with van der Waals surface area (Å²) in [4.78, 5) is 12.6. The third-order valence-corrected chi connectivity index (χ3v) is 7.14. The molecule has 0 heterocycles. The SMILES string of the molecule is CCC(C)c1ccccc1NC(=O)NCc1ccc(S(=O)(=O)N(CC)CC)cc1. The molecule has 29 heavy (non-hydrogen) atoms. The van der Waals surface area contributed by atoms with Gasteiger partial charge in [-0.2, -0.15) is 4.31 Å². The number of carbonyl (C=O) groups excluding carboxylic acids is 1. The van der Waals surface area contributed by atoms with Gasteiger partial charge in [-0.1, -0.05) is 58.0 Å². The molecule has 7 heteroatoms. The Labute approximate surface area is 174 Å². The number of para-hydroxylation sites is 1. The molecular formula is C22H31N3O3S. The van der Waals surface area contributed by atoms with E-state index in [1.807, 2.05) is 38.1 Å². The van der Waals surface area contributed by atoms with Crippen LogP contribution < -0.4 is 10.6 Å². The lowest BCUT2D eigenvalue weighted by Crippen LogP contribution is -2.30. The minimum Gasteiger partial charge on any atom is -0.334 e. The van der Waals surface area contributed by atoms with Gasteiger partial charge in [0.2, 0.25) is 10.0 Å². The van der Waals surface area contributed by atoms with Crippen LogP contribution >= 0.6 is 0 Å². The highest BCUT2D eigenvalue weighted by Gasteiger charge is 2.21. The maximum Gasteiger partial charge on any atom is 0.319 e. The third kappa shape index (κ3) is 5.81. The lowest BCUT2D eigenvalue weighted by molar-refractivity contribution is 0.251. The number of anilines is 1. The monoisotopic (exact) mass is 417 g/mol. The zero-order valence-corrected chi connectivity index (χ0v) is 18.4. The summed E-state index contributed by atoms with van der Waals surface area (Å²) in [7, 11) is -3.47. The Morgan fingerprint density at radius 2 is 1.62 bits per heavy atom. The van der Waals surface area contributed by atoms with Crippen molar-refractivity contribution in [2.75, 3.05) is 18.4 Å². The summed E-state index contributed by atoms with van der Waals surface area (Å²) in [6.07, 6.45) is 0.989. The average Bonchev–Trinajstić information content (AvgIpc) is 2.73. The van der Waals surface area contributed by atoms with E-state index in [1.54, 1.807) is 24.3 Å². The number of carbonyl (C=O) groups is 1. The van der Waals surface area contributed by atoms with Crippen LogP contribution in [0.15, 0.2) is 53.4 Å². The van der Waals surface area contributed by atoms with Gasteiger partial charge in [-0.05, 0) is 41.7 Å². The lowest BCUT2D eigenvalue weighted by Gasteiger charge is -2.18. The molecule has 0 radical (unpaired) electrons. The van der Waals surface area contributed by atoms with Gasteiger partial charge in [0.15, 0.2) is 0 Å². The quantitative estimate of drug-likeness (QED) is 0.628. The van der Waals surface area contributed by atoms with Crippen LogP contribution in [0.3, 0.4) is 0 Å². The van der Waals surface area contributed by atoms with Crippen molar-refractivity contribution in [3.8, 4) is 0 Å². The summed E-state index contributed by atoms with van der Waals surface area (Å²) in [5.41, 5.74) is 2.74. The van der Waals surface area contributed by atoms with E-state index in [0.717, 1.165) is 23.2 Å². The Morgan fingerprint density at radius 1 is 1.00 bits per heavy atom. The second kappa shape index (κ2) is 10.4. The second-order valence-electron chi connectivity index (χ2n) is 6.94. The summed E-state index contributed by atoms with van der Waals surface area (Å²) >= 11 is 0. The molecule has 1 atom stereocenters. The molecule has 0 saturated carbocycles. The molecule has 2 amide bonds. The van der Waals surface area contributed by atoms with Crippen molar-refractivity contribution in [3.63, 3.8) is 0 Å². The molecule has 1 unspecified atom stereocenters. The van der Waals surface area contributed by atoms with Gasteiger partial charge in [0, 0.05) is 25.3 Å². The summed E-state index contributed by atoms with van der Waals surface area (Å²) in [6.45, 7) is 9.05. The summed E-state index contributed by atoms with van der Waals surface area (Å²) in [5, 5.41) is 5.73. The smallest absolute Gasteiger partial charge is 0.319 e. The van der Waals surface area contributed by atoms with E-state index >= 15 is 0 Å². The highest BCUT2D eigenvalue weighted by molar-refractivity contribution is 7.89. The summed E-state index contributed by atoms with van der Waals surface area (Å²) < 4.78 is 26.5. The van der Waals surface area contributed by atoms with Crippen LogP contribution in [0.25, 0.3) is 0 Å². The zero-order valence-electron chi connectivity index (χ0n) is 17.6. The Balaban J connectivity index is 2.00. The molecule has 6 nitrogen and oxygen atoms in total. The van der Waals surface area contributed by atoms with Crippen molar-refractivity contribution in [1.29, 1.82) is 0 Å². The first-order valence-electron chi connectivity index (χ1n) is 10.1. The van der Waals surface area contributed by atoms with Crippen LogP contribution in [-0.4, -0.2) is 31.8 Å². The van der Waals surface area contributed by atoms with Gasteiger partial charge in [0.1, 0.15) is 0 Å². The number of rotatable bonds is 9. The molecule has 2 aromatic carbocycles. The Bertz CT molecular complexity index is 907. The summed E-state index contributed by atoms with van der Waals surface area (Å²) in [5.74, 6) is 0.354. The number of urea groups is 1. The van der Waals surface area contributed by atoms with E-state index in [-0.39, 0.29) is 10.9 Å². The van der Waals surface area contributed by atoms with Crippen molar-refractivity contribution in [2.24, 2.45) is 0 Å². The van der Waals surface area contributed by atoms with Crippen LogP contribution in [0.1, 0.15) is 51.2 Å². The van der Waals surface area contributed by atoms with Gasteiger partial charge in [0.25, 0.3) is 0 Å². The fraction of sp³-hybridized carbons (Fsp3) is 0.409. The molecule has 2 aromatic rings. The zero-order chi connectivity index (χ0) is 21.4. The molecule has 2 N–H and O–H groups in total. The first kappa shape index (κ1) is 22.9. The minimum absolute atomic E-state index is 0.261. The molecule has 0 aliphatic rings. The fourth-order valence-electron chi connectivity index (χ4n) is 3.10. The fourth-order valence-corrected chi connectivity index (χ4v) is 4.56. The number of benzene rings is 2. The van der Waals surface area contributed by atoms with Gasteiger partial charge < -0.3 is 10.6 Å². The first-order chi connectivity index (χ1) is 13.8. The minimum atomic E-state index is -3.47. The molecule has 0 saturated heterocycles.